The fraction of sp³-hybridized carbons (Fsp3) is 0.464. The van der Waals surface area contributed by atoms with Gasteiger partial charge in [0.1, 0.15) is 16.4 Å². The maximum absolute atomic E-state index is 12.5. The molecule has 0 aliphatic carbocycles. The average molecular weight is 478 g/mol. The Kier molecular flexibility index (Phi) is 7.99. The number of thiazole rings is 1. The lowest BCUT2D eigenvalue weighted by molar-refractivity contribution is -0.148. The number of aromatic nitrogens is 2. The number of aryl methyl sites for hydroxylation is 2. The summed E-state index contributed by atoms with van der Waals surface area (Å²) in [5, 5.41) is 4.34. The molecule has 0 radical (unpaired) electrons. The highest BCUT2D eigenvalue weighted by Crippen LogP contribution is 2.30. The fourth-order valence-electron chi connectivity index (χ4n) is 4.21. The van der Waals surface area contributed by atoms with Crippen LogP contribution in [-0.2, 0) is 22.4 Å². The monoisotopic (exact) mass is 477 g/mol. The van der Waals surface area contributed by atoms with Gasteiger partial charge in [-0.25, -0.2) is 14.8 Å². The lowest BCUT2D eigenvalue weighted by atomic mass is 10.0. The number of unbranched alkanes of at least 4 members (excludes halogenated alkanes) is 3. The van der Waals surface area contributed by atoms with Crippen molar-refractivity contribution in [2.24, 2.45) is 0 Å². The SMILES string of the molecule is CC(C)(C)OC(=O)/C=C(/CCCCCCc1ccc2c(n1)NCCC2)c1nc2ccccc2s1. The Balaban J connectivity index is 1.32. The number of benzene rings is 1. The summed E-state index contributed by atoms with van der Waals surface area (Å²) in [5.74, 6) is 0.783. The molecule has 1 N–H and O–H groups in total. The molecule has 4 rings (SSSR count). The van der Waals surface area contributed by atoms with Crippen molar-refractivity contribution in [1.29, 1.82) is 0 Å². The van der Waals surface area contributed by atoms with Gasteiger partial charge in [0, 0.05) is 18.3 Å². The number of pyridine rings is 1. The van der Waals surface area contributed by atoms with Gasteiger partial charge in [0.25, 0.3) is 0 Å². The minimum absolute atomic E-state index is 0.297. The van der Waals surface area contributed by atoms with E-state index in [4.69, 9.17) is 14.7 Å². The Morgan fingerprint density at radius 1 is 1.09 bits per heavy atom. The van der Waals surface area contributed by atoms with Crippen LogP contribution in [0.2, 0.25) is 0 Å². The predicted molar refractivity (Wildman–Crippen MR) is 141 cm³/mol. The van der Waals surface area contributed by atoms with Crippen LogP contribution in [0.15, 0.2) is 42.5 Å². The predicted octanol–water partition coefficient (Wildman–Crippen LogP) is 6.97. The van der Waals surface area contributed by atoms with E-state index in [1.54, 1.807) is 17.4 Å². The molecule has 180 valence electrons. The van der Waals surface area contributed by atoms with Crippen LogP contribution in [0.1, 0.15) is 75.6 Å². The van der Waals surface area contributed by atoms with Crippen molar-refractivity contribution in [3.05, 3.63) is 58.7 Å². The third kappa shape index (κ3) is 6.89. The zero-order chi connectivity index (χ0) is 24.0. The molecule has 1 aliphatic heterocycles. The van der Waals surface area contributed by atoms with Gasteiger partial charge in [-0.1, -0.05) is 31.0 Å². The van der Waals surface area contributed by atoms with Gasteiger partial charge < -0.3 is 10.1 Å². The Morgan fingerprint density at radius 3 is 2.74 bits per heavy atom. The van der Waals surface area contributed by atoms with Crippen molar-refractivity contribution in [3.63, 3.8) is 0 Å². The molecule has 34 heavy (non-hydrogen) atoms. The molecule has 0 saturated heterocycles. The van der Waals surface area contributed by atoms with E-state index in [-0.39, 0.29) is 5.97 Å². The molecule has 6 heteroatoms. The first kappa shape index (κ1) is 24.4. The smallest absolute Gasteiger partial charge is 0.331 e. The number of rotatable bonds is 9. The molecule has 0 bridgehead atoms. The van der Waals surface area contributed by atoms with Crippen LogP contribution >= 0.6 is 11.3 Å². The maximum Gasteiger partial charge on any atom is 0.331 e. The summed E-state index contributed by atoms with van der Waals surface area (Å²) in [7, 11) is 0. The Bertz CT molecular complexity index is 1130. The molecule has 3 aromatic rings. The third-order valence-electron chi connectivity index (χ3n) is 5.85. The van der Waals surface area contributed by atoms with Gasteiger partial charge >= 0.3 is 5.97 Å². The number of para-hydroxylation sites is 1. The lowest BCUT2D eigenvalue weighted by Gasteiger charge is -2.18. The minimum atomic E-state index is -0.507. The molecule has 0 spiro atoms. The van der Waals surface area contributed by atoms with E-state index in [9.17, 15) is 4.79 Å². The Labute approximate surface area is 206 Å². The molecule has 0 atom stereocenters. The van der Waals surface area contributed by atoms with E-state index in [2.05, 4.69) is 23.5 Å². The van der Waals surface area contributed by atoms with E-state index in [1.807, 2.05) is 39.0 Å². The fourth-order valence-corrected chi connectivity index (χ4v) is 5.22. The standard InChI is InChI=1S/C28H35N3O2S/c1-28(2,3)33-25(32)19-21(27-31-23-14-8-9-15-24(23)34-27)11-6-4-5-7-13-22-17-16-20-12-10-18-29-26(20)30-22/h8-9,14-17,19H,4-7,10-13,18H2,1-3H3,(H,29,30)/b21-19-. The van der Waals surface area contributed by atoms with Crippen molar-refractivity contribution in [2.75, 3.05) is 11.9 Å². The molecule has 5 nitrogen and oxygen atoms in total. The van der Waals surface area contributed by atoms with Crippen LogP contribution in [-0.4, -0.2) is 28.1 Å². The molecule has 1 aromatic carbocycles. The maximum atomic E-state index is 12.5. The molecule has 0 amide bonds. The van der Waals surface area contributed by atoms with E-state index >= 15 is 0 Å². The topological polar surface area (TPSA) is 64.1 Å². The van der Waals surface area contributed by atoms with Crippen LogP contribution in [0.4, 0.5) is 5.82 Å². The van der Waals surface area contributed by atoms with Crippen LogP contribution in [0, 0.1) is 0 Å². The van der Waals surface area contributed by atoms with E-state index in [0.29, 0.717) is 0 Å². The highest BCUT2D eigenvalue weighted by atomic mass is 32.1. The highest BCUT2D eigenvalue weighted by molar-refractivity contribution is 7.19. The van der Waals surface area contributed by atoms with Crippen molar-refractivity contribution < 1.29 is 9.53 Å². The molecule has 2 aromatic heterocycles. The molecule has 0 fully saturated rings. The summed E-state index contributed by atoms with van der Waals surface area (Å²) in [4.78, 5) is 22.1. The number of ether oxygens (including phenoxy) is 1. The molecule has 1 aliphatic rings. The highest BCUT2D eigenvalue weighted by Gasteiger charge is 2.17. The van der Waals surface area contributed by atoms with Crippen LogP contribution in [0.25, 0.3) is 15.8 Å². The zero-order valence-electron chi connectivity index (χ0n) is 20.5. The number of esters is 1. The summed E-state index contributed by atoms with van der Waals surface area (Å²) in [5.41, 5.74) is 3.96. The molecule has 3 heterocycles. The average Bonchev–Trinajstić information content (AvgIpc) is 3.23. The van der Waals surface area contributed by atoms with Crippen molar-refractivity contribution in [2.45, 2.75) is 77.7 Å². The first-order valence-electron chi connectivity index (χ1n) is 12.4. The van der Waals surface area contributed by atoms with Gasteiger partial charge in [-0.05, 0) is 88.6 Å². The summed E-state index contributed by atoms with van der Waals surface area (Å²) >= 11 is 1.64. The van der Waals surface area contributed by atoms with Gasteiger partial charge in [0.15, 0.2) is 0 Å². The third-order valence-corrected chi connectivity index (χ3v) is 6.96. The molecular formula is C28H35N3O2S. The second-order valence-electron chi connectivity index (χ2n) is 9.94. The zero-order valence-corrected chi connectivity index (χ0v) is 21.3. The number of allylic oxidation sites excluding steroid dienone is 1. The number of fused-ring (bicyclic) bond motifs is 2. The summed E-state index contributed by atoms with van der Waals surface area (Å²) < 4.78 is 6.69. The van der Waals surface area contributed by atoms with Gasteiger partial charge in [0.05, 0.1) is 10.2 Å². The number of hydrogen-bond acceptors (Lipinski definition) is 6. The van der Waals surface area contributed by atoms with Crippen molar-refractivity contribution >= 4 is 38.9 Å². The largest absolute Gasteiger partial charge is 0.457 e. The second kappa shape index (κ2) is 11.1. The second-order valence-corrected chi connectivity index (χ2v) is 11.0. The Hall–Kier alpha value is -2.73. The normalized spacial score (nSPS) is 14.0. The number of nitrogens with one attached hydrogen (secondary N) is 1. The van der Waals surface area contributed by atoms with E-state index in [0.717, 1.165) is 78.1 Å². The lowest BCUT2D eigenvalue weighted by Crippen LogP contribution is -2.22. The summed E-state index contributed by atoms with van der Waals surface area (Å²) in [6, 6.07) is 12.5. The number of nitrogens with zero attached hydrogens (tertiary/aromatic N) is 2. The summed E-state index contributed by atoms with van der Waals surface area (Å²) in [6.45, 7) is 6.70. The Morgan fingerprint density at radius 2 is 1.91 bits per heavy atom. The molecular weight excluding hydrogens is 442 g/mol. The van der Waals surface area contributed by atoms with Crippen molar-refractivity contribution in [3.8, 4) is 0 Å². The van der Waals surface area contributed by atoms with Crippen LogP contribution in [0.3, 0.4) is 0 Å². The first-order chi connectivity index (χ1) is 16.4. The molecule has 0 saturated carbocycles. The van der Waals surface area contributed by atoms with Gasteiger partial charge in [-0.3, -0.25) is 0 Å². The van der Waals surface area contributed by atoms with Crippen LogP contribution in [0.5, 0.6) is 0 Å². The van der Waals surface area contributed by atoms with E-state index in [1.165, 1.54) is 17.7 Å². The van der Waals surface area contributed by atoms with Gasteiger partial charge in [-0.15, -0.1) is 11.3 Å². The van der Waals surface area contributed by atoms with Gasteiger partial charge in [-0.2, -0.15) is 0 Å². The summed E-state index contributed by atoms with van der Waals surface area (Å²) in [6.07, 6.45) is 10.2. The number of carbonyl (C=O) groups is 1. The van der Waals surface area contributed by atoms with Crippen molar-refractivity contribution in [1.82, 2.24) is 9.97 Å². The van der Waals surface area contributed by atoms with Gasteiger partial charge in [0.2, 0.25) is 0 Å². The number of hydrogen-bond donors (Lipinski definition) is 1. The minimum Gasteiger partial charge on any atom is -0.457 e. The quantitative estimate of drug-likeness (QED) is 0.205. The first-order valence-corrected chi connectivity index (χ1v) is 13.2. The number of carbonyl (C=O) groups excluding carboxylic acids is 1. The molecule has 0 unspecified atom stereocenters. The number of anilines is 1. The van der Waals surface area contributed by atoms with E-state index < -0.39 is 5.60 Å². The van der Waals surface area contributed by atoms with Crippen LogP contribution < -0.4 is 5.32 Å².